The zero-order valence-electron chi connectivity index (χ0n) is 22.3. The van der Waals surface area contributed by atoms with E-state index in [1.807, 2.05) is 0 Å². The van der Waals surface area contributed by atoms with Crippen molar-refractivity contribution in [1.29, 1.82) is 0 Å². The van der Waals surface area contributed by atoms with Crippen molar-refractivity contribution in [1.82, 2.24) is 0 Å². The van der Waals surface area contributed by atoms with E-state index in [-0.39, 0.29) is 44.6 Å². The Kier molecular flexibility index (Phi) is 9.88. The van der Waals surface area contributed by atoms with Gasteiger partial charge in [0.2, 0.25) is 0 Å². The molecule has 0 nitrogen and oxygen atoms in total. The number of hydrogen-bond donors (Lipinski definition) is 0. The topological polar surface area (TPSA) is 0 Å². The predicted octanol–water partition coefficient (Wildman–Crippen LogP) is 10.1. The maximum Gasteiger partial charge on any atom is 0.417 e. The molecular weight excluding hydrogens is 506 g/mol. The van der Waals surface area contributed by atoms with E-state index in [9.17, 15) is 26.3 Å². The van der Waals surface area contributed by atoms with Crippen molar-refractivity contribution >= 4 is 11.8 Å². The third-order valence-electron chi connectivity index (χ3n) is 5.38. The maximum absolute atomic E-state index is 14.2. The standard InChI is InChI=1S/C30H32F6S/c1-17(2)9-11-23-25(29(31,32)33)13-21(19(5)6)15-27(23)37-28-16-22(20(7)8)14-26(30(34,35)36)24(28)12-10-18(3)4/h13-20H,1-8H3. The summed E-state index contributed by atoms with van der Waals surface area (Å²) < 4.78 is 85.0. The maximum atomic E-state index is 14.2. The van der Waals surface area contributed by atoms with Gasteiger partial charge >= 0.3 is 12.4 Å². The van der Waals surface area contributed by atoms with Crippen LogP contribution < -0.4 is 0 Å². The quantitative estimate of drug-likeness (QED) is 0.276. The van der Waals surface area contributed by atoms with E-state index in [0.717, 1.165) is 23.9 Å². The summed E-state index contributed by atoms with van der Waals surface area (Å²) in [7, 11) is 0. The summed E-state index contributed by atoms with van der Waals surface area (Å²) in [5.74, 6) is 10.1. The number of halogens is 6. The SMILES string of the molecule is CC(C)C#Cc1c(Sc2cc(C(C)C)cc(C(F)(F)F)c2C#CC(C)C)cc(C(C)C)cc1C(F)(F)F. The first kappa shape index (κ1) is 30.7. The van der Waals surface area contributed by atoms with Gasteiger partial charge in [-0.15, -0.1) is 0 Å². The Morgan fingerprint density at radius 2 is 0.892 bits per heavy atom. The van der Waals surface area contributed by atoms with Crippen LogP contribution in [0.15, 0.2) is 34.1 Å². The molecule has 0 unspecified atom stereocenters. The average molecular weight is 539 g/mol. The van der Waals surface area contributed by atoms with Gasteiger partial charge in [0.25, 0.3) is 0 Å². The van der Waals surface area contributed by atoms with E-state index in [4.69, 9.17) is 0 Å². The molecule has 0 N–H and O–H groups in total. The van der Waals surface area contributed by atoms with Crippen molar-refractivity contribution in [3.8, 4) is 23.7 Å². The molecule has 2 aromatic carbocycles. The molecule has 0 aliphatic heterocycles. The van der Waals surface area contributed by atoms with Gasteiger partial charge < -0.3 is 0 Å². The summed E-state index contributed by atoms with van der Waals surface area (Å²) in [6, 6.07) is 5.38. The van der Waals surface area contributed by atoms with Gasteiger partial charge in [0.05, 0.1) is 22.3 Å². The minimum atomic E-state index is -4.68. The molecule has 200 valence electrons. The molecule has 0 saturated carbocycles. The lowest BCUT2D eigenvalue weighted by Crippen LogP contribution is -2.12. The Balaban J connectivity index is 3.00. The summed E-state index contributed by atoms with van der Waals surface area (Å²) in [6.07, 6.45) is -9.36. The molecule has 0 atom stereocenters. The second-order valence-electron chi connectivity index (χ2n) is 10.1. The molecule has 0 aliphatic rings. The van der Waals surface area contributed by atoms with Crippen LogP contribution in [0.2, 0.25) is 0 Å². The van der Waals surface area contributed by atoms with Crippen molar-refractivity contribution < 1.29 is 26.3 Å². The van der Waals surface area contributed by atoms with E-state index in [2.05, 4.69) is 23.7 Å². The number of benzene rings is 2. The van der Waals surface area contributed by atoms with E-state index >= 15 is 0 Å². The largest absolute Gasteiger partial charge is 0.417 e. The molecule has 2 aromatic rings. The highest BCUT2D eigenvalue weighted by molar-refractivity contribution is 7.99. The third-order valence-corrected chi connectivity index (χ3v) is 6.47. The fourth-order valence-electron chi connectivity index (χ4n) is 3.36. The van der Waals surface area contributed by atoms with Gasteiger partial charge in [0.15, 0.2) is 0 Å². The lowest BCUT2D eigenvalue weighted by Gasteiger charge is -2.20. The van der Waals surface area contributed by atoms with Crippen LogP contribution in [0.25, 0.3) is 0 Å². The van der Waals surface area contributed by atoms with Gasteiger partial charge in [-0.1, -0.05) is 90.8 Å². The van der Waals surface area contributed by atoms with Crippen molar-refractivity contribution in [3.05, 3.63) is 57.6 Å². The van der Waals surface area contributed by atoms with Gasteiger partial charge in [-0.2, -0.15) is 26.3 Å². The summed E-state index contributed by atoms with van der Waals surface area (Å²) in [6.45, 7) is 14.1. The smallest absolute Gasteiger partial charge is 0.166 e. The van der Waals surface area contributed by atoms with Crippen LogP contribution in [0.1, 0.15) is 101 Å². The first-order valence-electron chi connectivity index (χ1n) is 12.1. The Hall–Kier alpha value is -2.51. The highest BCUT2D eigenvalue weighted by Gasteiger charge is 2.37. The minimum Gasteiger partial charge on any atom is -0.166 e. The molecule has 0 aliphatic carbocycles. The lowest BCUT2D eigenvalue weighted by molar-refractivity contribution is -0.138. The minimum absolute atomic E-state index is 0.160. The molecule has 37 heavy (non-hydrogen) atoms. The molecule has 7 heteroatoms. The van der Waals surface area contributed by atoms with Crippen LogP contribution in [0.3, 0.4) is 0 Å². The molecule has 0 amide bonds. The van der Waals surface area contributed by atoms with Gasteiger partial charge in [-0.05, 0) is 47.2 Å². The summed E-state index contributed by atoms with van der Waals surface area (Å²) in [5.41, 5.74) is -1.39. The fourth-order valence-corrected chi connectivity index (χ4v) is 4.51. The molecule has 0 spiro atoms. The van der Waals surface area contributed by atoms with Gasteiger partial charge in [0.1, 0.15) is 0 Å². The summed E-state index contributed by atoms with van der Waals surface area (Å²) >= 11 is 0.863. The average Bonchev–Trinajstić information content (AvgIpc) is 2.74. The van der Waals surface area contributed by atoms with Crippen molar-refractivity contribution in [2.24, 2.45) is 11.8 Å². The van der Waals surface area contributed by atoms with Gasteiger partial charge in [-0.25, -0.2) is 0 Å². The molecular formula is C30H32F6S. The second-order valence-corrected chi connectivity index (χ2v) is 11.2. The van der Waals surface area contributed by atoms with Crippen molar-refractivity contribution in [3.63, 3.8) is 0 Å². The Labute approximate surface area is 220 Å². The lowest BCUT2D eigenvalue weighted by atomic mass is 9.96. The number of hydrogen-bond acceptors (Lipinski definition) is 1. The van der Waals surface area contributed by atoms with E-state index < -0.39 is 23.5 Å². The molecule has 0 fully saturated rings. The first-order chi connectivity index (χ1) is 16.9. The van der Waals surface area contributed by atoms with E-state index in [0.29, 0.717) is 11.1 Å². The summed E-state index contributed by atoms with van der Waals surface area (Å²) in [4.78, 5) is 0.321. The monoisotopic (exact) mass is 538 g/mol. The van der Waals surface area contributed by atoms with Crippen LogP contribution in [0.4, 0.5) is 26.3 Å². The van der Waals surface area contributed by atoms with E-state index in [1.165, 1.54) is 0 Å². The Bertz CT molecular complexity index is 1140. The Morgan fingerprint density at radius 3 is 1.14 bits per heavy atom. The Morgan fingerprint density at radius 1 is 0.568 bits per heavy atom. The summed E-state index contributed by atoms with van der Waals surface area (Å²) in [5, 5.41) is 0. The molecule has 0 radical (unpaired) electrons. The molecule has 2 rings (SSSR count). The third kappa shape index (κ3) is 8.24. The normalized spacial score (nSPS) is 12.2. The van der Waals surface area contributed by atoms with Gasteiger partial charge in [-0.3, -0.25) is 0 Å². The number of rotatable bonds is 4. The van der Waals surface area contributed by atoms with Crippen LogP contribution in [0.5, 0.6) is 0 Å². The first-order valence-corrected chi connectivity index (χ1v) is 12.9. The molecule has 0 aromatic heterocycles. The highest BCUT2D eigenvalue weighted by Crippen LogP contribution is 2.44. The second kappa shape index (κ2) is 11.9. The van der Waals surface area contributed by atoms with E-state index in [1.54, 1.807) is 67.5 Å². The van der Waals surface area contributed by atoms with Crippen LogP contribution in [-0.2, 0) is 12.4 Å². The molecule has 0 saturated heterocycles. The van der Waals surface area contributed by atoms with Crippen LogP contribution in [0, 0.1) is 35.5 Å². The predicted molar refractivity (Wildman–Crippen MR) is 139 cm³/mol. The number of alkyl halides is 6. The highest BCUT2D eigenvalue weighted by atomic mass is 32.2. The zero-order valence-corrected chi connectivity index (χ0v) is 23.1. The van der Waals surface area contributed by atoms with Gasteiger partial charge in [0, 0.05) is 21.6 Å². The fraction of sp³-hybridized carbons (Fsp3) is 0.467. The van der Waals surface area contributed by atoms with Crippen LogP contribution in [-0.4, -0.2) is 0 Å². The van der Waals surface area contributed by atoms with Crippen LogP contribution >= 0.6 is 11.8 Å². The van der Waals surface area contributed by atoms with Crippen molar-refractivity contribution in [2.45, 2.75) is 89.4 Å². The molecule has 0 heterocycles. The molecule has 0 bridgehead atoms. The zero-order chi connectivity index (χ0) is 28.3. The van der Waals surface area contributed by atoms with Crippen molar-refractivity contribution in [2.75, 3.05) is 0 Å².